The standard InChI is InChI=1S/C22H28Cl3N3O2/c1-2-29-21-12-16(14-27-7-10-28-8-5-26-6-9-28)11-20(25)22(21)30-15-17-3-4-18(23)13-19(17)24/h3-4,11-13,26-27H,2,5-10,14-15H2,1H3. The van der Waals surface area contributed by atoms with E-state index in [4.69, 9.17) is 44.3 Å². The first-order chi connectivity index (χ1) is 14.6. The van der Waals surface area contributed by atoms with E-state index in [1.165, 1.54) is 0 Å². The van der Waals surface area contributed by atoms with Gasteiger partial charge < -0.3 is 20.1 Å². The number of ether oxygens (including phenoxy) is 2. The molecule has 2 aromatic rings. The highest BCUT2D eigenvalue weighted by Gasteiger charge is 2.14. The topological polar surface area (TPSA) is 45.8 Å². The van der Waals surface area contributed by atoms with E-state index in [2.05, 4.69) is 15.5 Å². The largest absolute Gasteiger partial charge is 0.490 e. The third-order valence-electron chi connectivity index (χ3n) is 4.90. The summed E-state index contributed by atoms with van der Waals surface area (Å²) in [6, 6.07) is 9.22. The SMILES string of the molecule is CCOc1cc(CNCCN2CCNCC2)cc(Cl)c1OCc1ccc(Cl)cc1Cl. The third kappa shape index (κ3) is 6.91. The monoisotopic (exact) mass is 471 g/mol. The molecule has 164 valence electrons. The number of rotatable bonds is 10. The Balaban J connectivity index is 1.59. The zero-order valence-corrected chi connectivity index (χ0v) is 19.4. The molecule has 0 amide bonds. The van der Waals surface area contributed by atoms with E-state index in [1.807, 2.05) is 25.1 Å². The Bertz CT molecular complexity index is 830. The Morgan fingerprint density at radius 3 is 2.57 bits per heavy atom. The van der Waals surface area contributed by atoms with Gasteiger partial charge in [0.05, 0.1) is 11.6 Å². The normalized spacial score (nSPS) is 14.7. The van der Waals surface area contributed by atoms with Crippen molar-refractivity contribution in [1.82, 2.24) is 15.5 Å². The molecule has 0 aromatic heterocycles. The molecule has 0 radical (unpaired) electrons. The van der Waals surface area contributed by atoms with E-state index in [0.717, 1.165) is 56.9 Å². The summed E-state index contributed by atoms with van der Waals surface area (Å²) in [5, 5.41) is 8.52. The molecule has 0 saturated carbocycles. The summed E-state index contributed by atoms with van der Waals surface area (Å²) in [4.78, 5) is 2.46. The number of hydrogen-bond donors (Lipinski definition) is 2. The van der Waals surface area contributed by atoms with Gasteiger partial charge in [-0.05, 0) is 36.8 Å². The molecule has 0 unspecified atom stereocenters. The Kier molecular flexibility index (Phi) is 9.37. The number of benzene rings is 2. The van der Waals surface area contributed by atoms with Crippen molar-refractivity contribution in [3.05, 3.63) is 56.5 Å². The lowest BCUT2D eigenvalue weighted by Crippen LogP contribution is -2.45. The average Bonchev–Trinajstić information content (AvgIpc) is 2.73. The molecule has 2 aromatic carbocycles. The summed E-state index contributed by atoms with van der Waals surface area (Å²) in [5.41, 5.74) is 1.89. The van der Waals surface area contributed by atoms with Gasteiger partial charge in [0.2, 0.25) is 0 Å². The first-order valence-corrected chi connectivity index (χ1v) is 11.4. The van der Waals surface area contributed by atoms with E-state index in [9.17, 15) is 0 Å². The van der Waals surface area contributed by atoms with Crippen LogP contribution in [0, 0.1) is 0 Å². The highest BCUT2D eigenvalue weighted by atomic mass is 35.5. The summed E-state index contributed by atoms with van der Waals surface area (Å²) >= 11 is 18.7. The van der Waals surface area contributed by atoms with Gasteiger partial charge in [-0.1, -0.05) is 40.9 Å². The van der Waals surface area contributed by atoms with Gasteiger partial charge in [-0.25, -0.2) is 0 Å². The predicted molar refractivity (Wildman–Crippen MR) is 124 cm³/mol. The zero-order chi connectivity index (χ0) is 21.3. The van der Waals surface area contributed by atoms with Crippen molar-refractivity contribution in [3.8, 4) is 11.5 Å². The first-order valence-electron chi connectivity index (χ1n) is 10.2. The number of piperazine rings is 1. The molecule has 0 aliphatic carbocycles. The van der Waals surface area contributed by atoms with Crippen LogP contribution in [0.2, 0.25) is 15.1 Å². The molecule has 5 nitrogen and oxygen atoms in total. The second kappa shape index (κ2) is 12.0. The number of hydrogen-bond acceptors (Lipinski definition) is 5. The second-order valence-electron chi connectivity index (χ2n) is 7.13. The van der Waals surface area contributed by atoms with E-state index >= 15 is 0 Å². The Morgan fingerprint density at radius 1 is 1.03 bits per heavy atom. The van der Waals surface area contributed by atoms with Gasteiger partial charge in [-0.2, -0.15) is 0 Å². The van der Waals surface area contributed by atoms with E-state index < -0.39 is 0 Å². The summed E-state index contributed by atoms with van der Waals surface area (Å²) in [6.07, 6.45) is 0. The average molecular weight is 473 g/mol. The molecule has 0 atom stereocenters. The van der Waals surface area contributed by atoms with Gasteiger partial charge >= 0.3 is 0 Å². The van der Waals surface area contributed by atoms with E-state index in [0.29, 0.717) is 33.2 Å². The van der Waals surface area contributed by atoms with Crippen LogP contribution in [0.5, 0.6) is 11.5 Å². The maximum atomic E-state index is 6.53. The summed E-state index contributed by atoms with van der Waals surface area (Å²) in [5.74, 6) is 1.16. The van der Waals surface area contributed by atoms with Crippen LogP contribution in [0.25, 0.3) is 0 Å². The predicted octanol–water partition coefficient (Wildman–Crippen LogP) is 4.62. The van der Waals surface area contributed by atoms with Crippen LogP contribution < -0.4 is 20.1 Å². The molecule has 1 heterocycles. The van der Waals surface area contributed by atoms with Crippen LogP contribution in [0.1, 0.15) is 18.1 Å². The van der Waals surface area contributed by atoms with Gasteiger partial charge in [0.25, 0.3) is 0 Å². The van der Waals surface area contributed by atoms with Crippen LogP contribution in [-0.2, 0) is 13.2 Å². The third-order valence-corrected chi connectivity index (χ3v) is 5.77. The lowest BCUT2D eigenvalue weighted by molar-refractivity contribution is 0.241. The molecule has 1 aliphatic rings. The fourth-order valence-corrected chi connectivity index (χ4v) is 4.07. The van der Waals surface area contributed by atoms with Gasteiger partial charge in [0.1, 0.15) is 6.61 Å². The molecule has 2 N–H and O–H groups in total. The molecular weight excluding hydrogens is 445 g/mol. The van der Waals surface area contributed by atoms with E-state index in [1.54, 1.807) is 12.1 Å². The molecule has 1 saturated heterocycles. The second-order valence-corrected chi connectivity index (χ2v) is 8.38. The van der Waals surface area contributed by atoms with E-state index in [-0.39, 0.29) is 6.61 Å². The van der Waals surface area contributed by atoms with Gasteiger partial charge in [0, 0.05) is 61.4 Å². The van der Waals surface area contributed by atoms with Gasteiger partial charge in [-0.15, -0.1) is 0 Å². The fourth-order valence-electron chi connectivity index (χ4n) is 3.32. The minimum absolute atomic E-state index is 0.276. The van der Waals surface area contributed by atoms with Crippen molar-refractivity contribution >= 4 is 34.8 Å². The van der Waals surface area contributed by atoms with Crippen molar-refractivity contribution in [3.63, 3.8) is 0 Å². The van der Waals surface area contributed by atoms with Crippen LogP contribution in [0.3, 0.4) is 0 Å². The number of nitrogens with one attached hydrogen (secondary N) is 2. The van der Waals surface area contributed by atoms with Crippen molar-refractivity contribution < 1.29 is 9.47 Å². The zero-order valence-electron chi connectivity index (χ0n) is 17.1. The Morgan fingerprint density at radius 2 is 1.83 bits per heavy atom. The lowest BCUT2D eigenvalue weighted by atomic mass is 10.2. The molecular formula is C22H28Cl3N3O2. The first kappa shape index (κ1) is 23.5. The van der Waals surface area contributed by atoms with Crippen molar-refractivity contribution in [2.75, 3.05) is 45.9 Å². The van der Waals surface area contributed by atoms with Crippen LogP contribution >= 0.6 is 34.8 Å². The van der Waals surface area contributed by atoms with Crippen LogP contribution in [0.15, 0.2) is 30.3 Å². The smallest absolute Gasteiger partial charge is 0.180 e. The maximum Gasteiger partial charge on any atom is 0.180 e. The number of nitrogens with zero attached hydrogens (tertiary/aromatic N) is 1. The van der Waals surface area contributed by atoms with Crippen LogP contribution in [-0.4, -0.2) is 50.8 Å². The molecule has 1 fully saturated rings. The van der Waals surface area contributed by atoms with Gasteiger partial charge in [-0.3, -0.25) is 4.90 Å². The molecule has 0 spiro atoms. The van der Waals surface area contributed by atoms with Crippen molar-refractivity contribution in [1.29, 1.82) is 0 Å². The molecule has 30 heavy (non-hydrogen) atoms. The highest BCUT2D eigenvalue weighted by molar-refractivity contribution is 6.35. The van der Waals surface area contributed by atoms with Crippen molar-refractivity contribution in [2.45, 2.75) is 20.1 Å². The maximum absolute atomic E-state index is 6.53. The lowest BCUT2D eigenvalue weighted by Gasteiger charge is -2.27. The van der Waals surface area contributed by atoms with Crippen molar-refractivity contribution in [2.24, 2.45) is 0 Å². The summed E-state index contributed by atoms with van der Waals surface area (Å²) < 4.78 is 11.8. The minimum Gasteiger partial charge on any atom is -0.490 e. The van der Waals surface area contributed by atoms with Gasteiger partial charge in [0.15, 0.2) is 11.5 Å². The Hall–Kier alpha value is -1.21. The minimum atomic E-state index is 0.276. The summed E-state index contributed by atoms with van der Waals surface area (Å²) in [6.45, 7) is 9.75. The molecule has 8 heteroatoms. The summed E-state index contributed by atoms with van der Waals surface area (Å²) in [7, 11) is 0. The quantitative estimate of drug-likeness (QED) is 0.494. The molecule has 1 aliphatic heterocycles. The van der Waals surface area contributed by atoms with Crippen LogP contribution in [0.4, 0.5) is 0 Å². The number of halogens is 3. The fraction of sp³-hybridized carbons (Fsp3) is 0.455. The Labute approximate surface area is 193 Å². The molecule has 0 bridgehead atoms. The molecule has 3 rings (SSSR count). The highest BCUT2D eigenvalue weighted by Crippen LogP contribution is 2.37.